The van der Waals surface area contributed by atoms with Crippen LogP contribution in [0.15, 0.2) is 29.8 Å². The minimum atomic E-state index is -0.155. The molecule has 4 atom stereocenters. The fourth-order valence-corrected chi connectivity index (χ4v) is 5.30. The Morgan fingerprint density at radius 3 is 2.91 bits per heavy atom. The molecule has 0 heterocycles. The van der Waals surface area contributed by atoms with Gasteiger partial charge in [-0.3, -0.25) is 4.79 Å². The van der Waals surface area contributed by atoms with Crippen LogP contribution >= 0.6 is 0 Å². The minimum Gasteiger partial charge on any atom is -0.508 e. The van der Waals surface area contributed by atoms with Gasteiger partial charge in [-0.2, -0.15) is 0 Å². The van der Waals surface area contributed by atoms with E-state index in [-0.39, 0.29) is 17.5 Å². The molecule has 122 valence electrons. The maximum atomic E-state index is 11.4. The number of rotatable bonds is 1. The molecule has 0 spiro atoms. The molecule has 0 aromatic heterocycles. The zero-order valence-electron chi connectivity index (χ0n) is 13.8. The molecule has 3 nitrogen and oxygen atoms in total. The van der Waals surface area contributed by atoms with Gasteiger partial charge in [0, 0.05) is 18.3 Å². The third-order valence-corrected chi connectivity index (χ3v) is 6.39. The molecule has 0 amide bonds. The van der Waals surface area contributed by atoms with Crippen molar-refractivity contribution in [3.05, 3.63) is 41.0 Å². The van der Waals surface area contributed by atoms with Crippen LogP contribution in [0.2, 0.25) is 0 Å². The van der Waals surface area contributed by atoms with Crippen molar-refractivity contribution >= 4 is 5.97 Å². The summed E-state index contributed by atoms with van der Waals surface area (Å²) in [4.78, 5) is 11.4. The van der Waals surface area contributed by atoms with E-state index in [9.17, 15) is 9.90 Å². The number of benzene rings is 1. The van der Waals surface area contributed by atoms with Crippen LogP contribution in [0.5, 0.6) is 5.75 Å². The molecule has 2 saturated carbocycles. The van der Waals surface area contributed by atoms with Crippen molar-refractivity contribution < 1.29 is 14.6 Å². The molecular weight excluding hydrogens is 288 g/mol. The lowest BCUT2D eigenvalue weighted by Crippen LogP contribution is -2.41. The summed E-state index contributed by atoms with van der Waals surface area (Å²) < 4.78 is 5.65. The molecule has 23 heavy (non-hydrogen) atoms. The lowest BCUT2D eigenvalue weighted by Gasteiger charge is -2.46. The van der Waals surface area contributed by atoms with Gasteiger partial charge < -0.3 is 9.84 Å². The SMILES string of the molecule is CC(=O)O[C@@H]1CC[C@H]2C3=CCc4cc(O)ccc4[C@H]3CC[C@]12C. The van der Waals surface area contributed by atoms with Gasteiger partial charge in [-0.05, 0) is 61.3 Å². The fourth-order valence-electron chi connectivity index (χ4n) is 5.30. The van der Waals surface area contributed by atoms with E-state index in [1.165, 1.54) is 18.1 Å². The summed E-state index contributed by atoms with van der Waals surface area (Å²) >= 11 is 0. The van der Waals surface area contributed by atoms with E-state index < -0.39 is 0 Å². The van der Waals surface area contributed by atoms with Crippen molar-refractivity contribution in [1.29, 1.82) is 0 Å². The van der Waals surface area contributed by atoms with Crippen molar-refractivity contribution in [3.8, 4) is 5.75 Å². The zero-order valence-corrected chi connectivity index (χ0v) is 13.8. The van der Waals surface area contributed by atoms with Gasteiger partial charge in [0.2, 0.25) is 0 Å². The second-order valence-corrected chi connectivity index (χ2v) is 7.62. The van der Waals surface area contributed by atoms with E-state index in [2.05, 4.69) is 19.1 Å². The number of phenolic OH excluding ortho intramolecular Hbond substituents is 1. The Balaban J connectivity index is 1.67. The van der Waals surface area contributed by atoms with Crippen LogP contribution < -0.4 is 0 Å². The molecule has 1 aromatic carbocycles. The predicted octanol–water partition coefficient (Wildman–Crippen LogP) is 4.10. The molecule has 0 unspecified atom stereocenters. The van der Waals surface area contributed by atoms with Crippen LogP contribution in [0.25, 0.3) is 0 Å². The molecule has 3 heteroatoms. The largest absolute Gasteiger partial charge is 0.508 e. The smallest absolute Gasteiger partial charge is 0.302 e. The average molecular weight is 312 g/mol. The molecule has 2 fully saturated rings. The van der Waals surface area contributed by atoms with E-state index in [4.69, 9.17) is 4.74 Å². The normalized spacial score (nSPS) is 34.9. The Morgan fingerprint density at radius 1 is 1.30 bits per heavy atom. The first kappa shape index (κ1) is 14.8. The summed E-state index contributed by atoms with van der Waals surface area (Å²) in [5.41, 5.74) is 4.28. The quantitative estimate of drug-likeness (QED) is 0.627. The van der Waals surface area contributed by atoms with Crippen LogP contribution in [0.4, 0.5) is 0 Å². The highest BCUT2D eigenvalue weighted by atomic mass is 16.5. The molecule has 1 N–H and O–H groups in total. The lowest BCUT2D eigenvalue weighted by molar-refractivity contribution is -0.152. The van der Waals surface area contributed by atoms with E-state index in [0.29, 0.717) is 17.6 Å². The number of esters is 1. The second kappa shape index (κ2) is 5.12. The first-order valence-electron chi connectivity index (χ1n) is 8.68. The Labute approximate surface area is 137 Å². The number of hydrogen-bond acceptors (Lipinski definition) is 3. The standard InChI is InChI=1S/C20H24O3/c1-12(21)23-19-8-7-18-17-5-3-13-11-14(22)4-6-15(13)16(17)9-10-20(18,19)2/h4-6,11,16,18-19,22H,3,7-10H2,1-2H3/t16-,18+,19-,20+/m1/s1. The monoisotopic (exact) mass is 312 g/mol. The van der Waals surface area contributed by atoms with Crippen molar-refractivity contribution in [2.24, 2.45) is 11.3 Å². The van der Waals surface area contributed by atoms with Crippen molar-refractivity contribution in [2.75, 3.05) is 0 Å². The summed E-state index contributed by atoms with van der Waals surface area (Å²) in [6.45, 7) is 3.83. The fraction of sp³-hybridized carbons (Fsp3) is 0.550. The van der Waals surface area contributed by atoms with Crippen LogP contribution in [-0.4, -0.2) is 17.2 Å². The van der Waals surface area contributed by atoms with Crippen molar-refractivity contribution in [3.63, 3.8) is 0 Å². The first-order valence-corrected chi connectivity index (χ1v) is 8.68. The van der Waals surface area contributed by atoms with E-state index >= 15 is 0 Å². The lowest BCUT2D eigenvalue weighted by atomic mass is 9.59. The van der Waals surface area contributed by atoms with Crippen LogP contribution in [-0.2, 0) is 16.0 Å². The summed E-state index contributed by atoms with van der Waals surface area (Å²) in [5, 5.41) is 9.73. The van der Waals surface area contributed by atoms with Gasteiger partial charge in [0.05, 0.1) is 0 Å². The molecule has 4 rings (SSSR count). The van der Waals surface area contributed by atoms with Crippen molar-refractivity contribution in [2.45, 2.75) is 58.0 Å². The third kappa shape index (κ3) is 2.20. The maximum absolute atomic E-state index is 11.4. The summed E-state index contributed by atoms with van der Waals surface area (Å²) in [7, 11) is 0. The van der Waals surface area contributed by atoms with Gasteiger partial charge in [0.15, 0.2) is 0 Å². The highest BCUT2D eigenvalue weighted by molar-refractivity contribution is 5.66. The molecule has 3 aliphatic carbocycles. The van der Waals surface area contributed by atoms with E-state index in [1.807, 2.05) is 12.1 Å². The van der Waals surface area contributed by atoms with Crippen LogP contribution in [0.1, 0.15) is 56.6 Å². The molecule has 1 aromatic rings. The molecule has 0 aliphatic heterocycles. The average Bonchev–Trinajstić information content (AvgIpc) is 2.83. The van der Waals surface area contributed by atoms with Gasteiger partial charge in [-0.25, -0.2) is 0 Å². The van der Waals surface area contributed by atoms with Gasteiger partial charge in [-0.15, -0.1) is 0 Å². The number of allylic oxidation sites excluding steroid dienone is 2. The van der Waals surface area contributed by atoms with Crippen molar-refractivity contribution in [1.82, 2.24) is 0 Å². The van der Waals surface area contributed by atoms with E-state index in [0.717, 1.165) is 32.1 Å². The summed E-state index contributed by atoms with van der Waals surface area (Å²) in [5.74, 6) is 1.20. The molecule has 0 radical (unpaired) electrons. The number of phenols is 1. The maximum Gasteiger partial charge on any atom is 0.302 e. The zero-order chi connectivity index (χ0) is 16.2. The van der Waals surface area contributed by atoms with Gasteiger partial charge in [0.25, 0.3) is 0 Å². The molecule has 0 saturated heterocycles. The Morgan fingerprint density at radius 2 is 2.13 bits per heavy atom. The topological polar surface area (TPSA) is 46.5 Å². The second-order valence-electron chi connectivity index (χ2n) is 7.62. The van der Waals surface area contributed by atoms with Gasteiger partial charge in [0.1, 0.15) is 11.9 Å². The first-order chi connectivity index (χ1) is 11.0. The Bertz CT molecular complexity index is 690. The minimum absolute atomic E-state index is 0.0630. The Kier molecular flexibility index (Phi) is 3.29. The third-order valence-electron chi connectivity index (χ3n) is 6.39. The van der Waals surface area contributed by atoms with Crippen LogP contribution in [0.3, 0.4) is 0 Å². The number of aromatic hydroxyl groups is 1. The number of carbonyl (C=O) groups excluding carboxylic acids is 1. The molecule has 3 aliphatic rings. The highest BCUT2D eigenvalue weighted by Gasteiger charge is 2.53. The molecule has 0 bridgehead atoms. The predicted molar refractivity (Wildman–Crippen MR) is 88.3 cm³/mol. The van der Waals surface area contributed by atoms with Gasteiger partial charge in [-0.1, -0.05) is 24.6 Å². The van der Waals surface area contributed by atoms with Crippen LogP contribution in [0, 0.1) is 11.3 Å². The molecular formula is C20H24O3. The highest BCUT2D eigenvalue weighted by Crippen LogP contribution is 2.60. The summed E-state index contributed by atoms with van der Waals surface area (Å²) in [6.07, 6.45) is 7.64. The number of carbonyl (C=O) groups is 1. The Hall–Kier alpha value is -1.77. The number of fused-ring (bicyclic) bond motifs is 5. The summed E-state index contributed by atoms with van der Waals surface area (Å²) in [6, 6.07) is 5.82. The number of hydrogen-bond donors (Lipinski definition) is 1. The number of ether oxygens (including phenoxy) is 1. The van der Waals surface area contributed by atoms with E-state index in [1.54, 1.807) is 5.57 Å². The van der Waals surface area contributed by atoms with Gasteiger partial charge >= 0.3 is 5.97 Å².